The lowest BCUT2D eigenvalue weighted by molar-refractivity contribution is -0.115. The van der Waals surface area contributed by atoms with Gasteiger partial charge in [0.1, 0.15) is 17.4 Å². The minimum Gasteiger partial charge on any atom is -0.489 e. The van der Waals surface area contributed by atoms with Gasteiger partial charge in [0.05, 0.1) is 24.8 Å². The molecule has 0 saturated carbocycles. The lowest BCUT2D eigenvalue weighted by Gasteiger charge is -2.10. The fourth-order valence-electron chi connectivity index (χ4n) is 3.30. The first kappa shape index (κ1) is 24.0. The smallest absolute Gasteiger partial charge is 0.339 e. The maximum absolute atomic E-state index is 12.5. The number of carbonyl (C=O) groups excluding carboxylic acids is 2. The van der Waals surface area contributed by atoms with E-state index in [1.807, 2.05) is 66.7 Å². The van der Waals surface area contributed by atoms with Gasteiger partial charge in [0, 0.05) is 11.1 Å². The molecule has 0 unspecified atom stereocenters. The van der Waals surface area contributed by atoms with Crippen LogP contribution >= 0.6 is 11.8 Å². The summed E-state index contributed by atoms with van der Waals surface area (Å²) < 4.78 is 10.6. The van der Waals surface area contributed by atoms with Crippen LogP contribution in [0.2, 0.25) is 0 Å². The minimum absolute atomic E-state index is 0.140. The fourth-order valence-corrected chi connectivity index (χ4v) is 4.06. The molecule has 1 N–H and O–H groups in total. The van der Waals surface area contributed by atoms with E-state index >= 15 is 0 Å². The Morgan fingerprint density at radius 2 is 1.60 bits per heavy atom. The summed E-state index contributed by atoms with van der Waals surface area (Å²) in [5, 5.41) is 3.59. The predicted octanol–water partition coefficient (Wildman–Crippen LogP) is 5.78. The van der Waals surface area contributed by atoms with Crippen molar-refractivity contribution in [1.82, 2.24) is 4.98 Å². The first-order chi connectivity index (χ1) is 17.1. The van der Waals surface area contributed by atoms with Crippen molar-refractivity contribution in [3.63, 3.8) is 0 Å². The molecule has 4 rings (SSSR count). The van der Waals surface area contributed by atoms with E-state index in [0.29, 0.717) is 17.9 Å². The van der Waals surface area contributed by atoms with E-state index < -0.39 is 5.97 Å². The Morgan fingerprint density at radius 1 is 0.857 bits per heavy atom. The van der Waals surface area contributed by atoms with E-state index in [4.69, 9.17) is 9.47 Å². The van der Waals surface area contributed by atoms with Crippen molar-refractivity contribution in [2.75, 3.05) is 12.4 Å². The number of rotatable bonds is 9. The highest BCUT2D eigenvalue weighted by Crippen LogP contribution is 2.28. The van der Waals surface area contributed by atoms with Gasteiger partial charge < -0.3 is 14.8 Å². The molecule has 0 saturated heterocycles. The molecule has 0 atom stereocenters. The molecule has 0 aliphatic heterocycles. The van der Waals surface area contributed by atoms with E-state index in [1.54, 1.807) is 30.5 Å². The second-order valence-corrected chi connectivity index (χ2v) is 8.71. The quantitative estimate of drug-likeness (QED) is 0.304. The molecule has 0 aliphatic carbocycles. The van der Waals surface area contributed by atoms with Crippen LogP contribution < -0.4 is 10.1 Å². The zero-order valence-electron chi connectivity index (χ0n) is 19.1. The molecule has 7 heteroatoms. The molecule has 4 aromatic rings. The molecule has 3 aromatic carbocycles. The van der Waals surface area contributed by atoms with Gasteiger partial charge in [-0.25, -0.2) is 9.78 Å². The molecular formula is C28H24N2O4S. The number of esters is 1. The maximum atomic E-state index is 12.5. The van der Waals surface area contributed by atoms with E-state index in [1.165, 1.54) is 18.9 Å². The lowest BCUT2D eigenvalue weighted by Crippen LogP contribution is -2.17. The van der Waals surface area contributed by atoms with Crippen LogP contribution in [-0.4, -0.2) is 24.0 Å². The molecule has 0 radical (unpaired) electrons. The number of nitrogens with zero attached hydrogens (tertiary/aromatic N) is 1. The standard InChI is InChI=1S/C28H24N2O4S/c1-33-28(32)24-9-5-6-10-25(24)30-26(31)17-21-11-16-27(29-18-21)35-23-14-12-22(13-15-23)34-19-20-7-3-2-4-8-20/h2-16,18H,17,19H2,1H3,(H,30,31). The summed E-state index contributed by atoms with van der Waals surface area (Å²) in [6.07, 6.45) is 1.83. The van der Waals surface area contributed by atoms with Gasteiger partial charge in [0.25, 0.3) is 0 Å². The van der Waals surface area contributed by atoms with Gasteiger partial charge in [-0.15, -0.1) is 0 Å². The van der Waals surface area contributed by atoms with Crippen molar-refractivity contribution in [2.24, 2.45) is 0 Å². The second-order valence-electron chi connectivity index (χ2n) is 7.61. The summed E-state index contributed by atoms with van der Waals surface area (Å²) in [5.74, 6) is 0.0654. The van der Waals surface area contributed by atoms with E-state index in [-0.39, 0.29) is 12.3 Å². The zero-order valence-corrected chi connectivity index (χ0v) is 20.0. The Hall–Kier alpha value is -4.10. The van der Waals surface area contributed by atoms with Crippen LogP contribution in [0, 0.1) is 0 Å². The number of pyridine rings is 1. The summed E-state index contributed by atoms with van der Waals surface area (Å²) in [7, 11) is 1.31. The molecule has 35 heavy (non-hydrogen) atoms. The van der Waals surface area contributed by atoms with Gasteiger partial charge in [-0.05, 0) is 53.6 Å². The van der Waals surface area contributed by atoms with Crippen LogP contribution in [0.5, 0.6) is 5.75 Å². The fraction of sp³-hybridized carbons (Fsp3) is 0.107. The van der Waals surface area contributed by atoms with Gasteiger partial charge in [0.15, 0.2) is 0 Å². The number of hydrogen-bond acceptors (Lipinski definition) is 6. The molecule has 1 amide bonds. The highest BCUT2D eigenvalue weighted by atomic mass is 32.2. The summed E-state index contributed by atoms with van der Waals surface area (Å²) in [5.41, 5.74) is 2.62. The number of carbonyl (C=O) groups is 2. The summed E-state index contributed by atoms with van der Waals surface area (Å²) >= 11 is 1.53. The van der Waals surface area contributed by atoms with E-state index in [0.717, 1.165) is 26.8 Å². The van der Waals surface area contributed by atoms with Crippen molar-refractivity contribution in [1.29, 1.82) is 0 Å². The van der Waals surface area contributed by atoms with Crippen molar-refractivity contribution < 1.29 is 19.1 Å². The number of hydrogen-bond donors (Lipinski definition) is 1. The summed E-state index contributed by atoms with van der Waals surface area (Å²) in [6, 6.07) is 28.4. The molecule has 0 aliphatic rings. The normalized spacial score (nSPS) is 10.4. The topological polar surface area (TPSA) is 77.5 Å². The van der Waals surface area contributed by atoms with Crippen LogP contribution in [0.1, 0.15) is 21.5 Å². The number of amides is 1. The average molecular weight is 485 g/mol. The third kappa shape index (κ3) is 6.94. The van der Waals surface area contributed by atoms with Crippen molar-refractivity contribution in [3.8, 4) is 5.75 Å². The Morgan fingerprint density at radius 3 is 2.31 bits per heavy atom. The number of anilines is 1. The first-order valence-corrected chi connectivity index (χ1v) is 11.8. The van der Waals surface area contributed by atoms with Gasteiger partial charge in [-0.1, -0.05) is 60.3 Å². The first-order valence-electron chi connectivity index (χ1n) is 11.0. The second kappa shape index (κ2) is 11.9. The highest BCUT2D eigenvalue weighted by molar-refractivity contribution is 7.99. The SMILES string of the molecule is COC(=O)c1ccccc1NC(=O)Cc1ccc(Sc2ccc(OCc3ccccc3)cc2)nc1. The molecule has 0 bridgehead atoms. The monoisotopic (exact) mass is 484 g/mol. The van der Waals surface area contributed by atoms with E-state index in [2.05, 4.69) is 10.3 Å². The van der Waals surface area contributed by atoms with Crippen LogP contribution in [0.15, 0.2) is 107 Å². The van der Waals surface area contributed by atoms with Gasteiger partial charge in [-0.2, -0.15) is 0 Å². The van der Waals surface area contributed by atoms with Crippen LogP contribution in [0.3, 0.4) is 0 Å². The largest absolute Gasteiger partial charge is 0.489 e. The number of benzene rings is 3. The third-order valence-electron chi connectivity index (χ3n) is 5.06. The number of ether oxygens (including phenoxy) is 2. The number of nitrogens with one attached hydrogen (secondary N) is 1. The van der Waals surface area contributed by atoms with Gasteiger partial charge in [-0.3, -0.25) is 4.79 Å². The molecule has 1 aromatic heterocycles. The number of methoxy groups -OCH3 is 1. The Labute approximate surface area is 208 Å². The number of aromatic nitrogens is 1. The molecule has 1 heterocycles. The molecule has 176 valence electrons. The van der Waals surface area contributed by atoms with Gasteiger partial charge >= 0.3 is 5.97 Å². The highest BCUT2D eigenvalue weighted by Gasteiger charge is 2.13. The Bertz CT molecular complexity index is 1280. The maximum Gasteiger partial charge on any atom is 0.339 e. The van der Waals surface area contributed by atoms with E-state index in [9.17, 15) is 9.59 Å². The summed E-state index contributed by atoms with van der Waals surface area (Å²) in [4.78, 5) is 29.9. The third-order valence-corrected chi connectivity index (χ3v) is 6.02. The average Bonchev–Trinajstić information content (AvgIpc) is 2.90. The lowest BCUT2D eigenvalue weighted by atomic mass is 10.1. The molecule has 6 nitrogen and oxygen atoms in total. The van der Waals surface area contributed by atoms with Crippen molar-refractivity contribution >= 4 is 29.3 Å². The van der Waals surface area contributed by atoms with Crippen LogP contribution in [-0.2, 0) is 22.6 Å². The molecule has 0 fully saturated rings. The van der Waals surface area contributed by atoms with Crippen LogP contribution in [0.25, 0.3) is 0 Å². The molecule has 0 spiro atoms. The Balaban J connectivity index is 1.30. The zero-order chi connectivity index (χ0) is 24.5. The summed E-state index contributed by atoms with van der Waals surface area (Å²) in [6.45, 7) is 0.526. The Kier molecular flexibility index (Phi) is 8.14. The predicted molar refractivity (Wildman–Crippen MR) is 136 cm³/mol. The van der Waals surface area contributed by atoms with Crippen molar-refractivity contribution in [2.45, 2.75) is 22.9 Å². The minimum atomic E-state index is -0.500. The van der Waals surface area contributed by atoms with Crippen LogP contribution in [0.4, 0.5) is 5.69 Å². The number of para-hydroxylation sites is 1. The molecular weight excluding hydrogens is 460 g/mol. The van der Waals surface area contributed by atoms with Crippen molar-refractivity contribution in [3.05, 3.63) is 114 Å². The van der Waals surface area contributed by atoms with Gasteiger partial charge in [0.2, 0.25) is 5.91 Å².